The number of carbonyl (C=O) groups is 1. The van der Waals surface area contributed by atoms with E-state index in [2.05, 4.69) is 10.6 Å². The Kier molecular flexibility index (Phi) is 4.44. The monoisotopic (exact) mass is 272 g/mol. The van der Waals surface area contributed by atoms with Gasteiger partial charge in [0.25, 0.3) is 0 Å². The van der Waals surface area contributed by atoms with Gasteiger partial charge >= 0.3 is 6.03 Å². The number of phenolic OH excluding ortho intramolecular Hbond substituents is 2. The van der Waals surface area contributed by atoms with E-state index < -0.39 is 0 Å². The summed E-state index contributed by atoms with van der Waals surface area (Å²) in [6.07, 6.45) is 0.736. The smallest absolute Gasteiger partial charge is 0.319 e. The number of anilines is 1. The summed E-state index contributed by atoms with van der Waals surface area (Å²) in [6, 6.07) is 13.4. The Morgan fingerprint density at radius 2 is 1.65 bits per heavy atom. The number of phenols is 2. The molecule has 20 heavy (non-hydrogen) atoms. The maximum absolute atomic E-state index is 11.6. The van der Waals surface area contributed by atoms with Crippen molar-refractivity contribution in [1.29, 1.82) is 0 Å². The zero-order valence-electron chi connectivity index (χ0n) is 10.8. The topological polar surface area (TPSA) is 81.6 Å². The van der Waals surface area contributed by atoms with Crippen molar-refractivity contribution in [3.63, 3.8) is 0 Å². The number of carbonyl (C=O) groups excluding carboxylic acids is 1. The van der Waals surface area contributed by atoms with Gasteiger partial charge in [-0.05, 0) is 12.0 Å². The molecule has 0 radical (unpaired) electrons. The van der Waals surface area contributed by atoms with Crippen molar-refractivity contribution < 1.29 is 15.0 Å². The Bertz CT molecular complexity index is 565. The Balaban J connectivity index is 1.81. The van der Waals surface area contributed by atoms with Gasteiger partial charge in [-0.3, -0.25) is 0 Å². The molecule has 104 valence electrons. The molecule has 0 aromatic heterocycles. The molecule has 4 N–H and O–H groups in total. The third-order valence-electron chi connectivity index (χ3n) is 2.70. The van der Waals surface area contributed by atoms with Crippen LogP contribution >= 0.6 is 0 Å². The minimum atomic E-state index is -0.383. The first kappa shape index (κ1) is 13.7. The minimum absolute atomic E-state index is 0.107. The molecule has 0 saturated heterocycles. The van der Waals surface area contributed by atoms with E-state index in [0.29, 0.717) is 12.2 Å². The van der Waals surface area contributed by atoms with E-state index in [0.717, 1.165) is 12.0 Å². The molecule has 0 spiro atoms. The van der Waals surface area contributed by atoms with Crippen LogP contribution in [0.15, 0.2) is 48.5 Å². The summed E-state index contributed by atoms with van der Waals surface area (Å²) >= 11 is 0. The lowest BCUT2D eigenvalue weighted by Crippen LogP contribution is -2.30. The minimum Gasteiger partial charge on any atom is -0.508 e. The number of amides is 2. The van der Waals surface area contributed by atoms with Crippen LogP contribution in [0.5, 0.6) is 11.5 Å². The van der Waals surface area contributed by atoms with Crippen LogP contribution in [0.2, 0.25) is 0 Å². The number of hydrogen-bond donors (Lipinski definition) is 4. The average molecular weight is 272 g/mol. The summed E-state index contributed by atoms with van der Waals surface area (Å²) in [6.45, 7) is 0.501. The lowest BCUT2D eigenvalue weighted by atomic mass is 10.1. The molecule has 0 bridgehead atoms. The predicted octanol–water partition coefficient (Wildman–Crippen LogP) is 2.46. The van der Waals surface area contributed by atoms with Crippen molar-refractivity contribution in [3.05, 3.63) is 54.1 Å². The quantitative estimate of drug-likeness (QED) is 0.690. The Morgan fingerprint density at radius 3 is 2.30 bits per heavy atom. The van der Waals surface area contributed by atoms with Gasteiger partial charge in [-0.15, -0.1) is 0 Å². The molecule has 2 aromatic carbocycles. The van der Waals surface area contributed by atoms with E-state index in [1.165, 1.54) is 18.2 Å². The van der Waals surface area contributed by atoms with Crippen LogP contribution in [0.3, 0.4) is 0 Å². The van der Waals surface area contributed by atoms with Gasteiger partial charge in [-0.1, -0.05) is 30.3 Å². The van der Waals surface area contributed by atoms with E-state index in [-0.39, 0.29) is 17.5 Å². The molecule has 0 aliphatic carbocycles. The Hall–Kier alpha value is -2.69. The SMILES string of the molecule is O=C(NCCc1ccccc1)Nc1cc(O)cc(O)c1. The molecule has 0 aliphatic rings. The third kappa shape index (κ3) is 4.20. The highest BCUT2D eigenvalue weighted by molar-refractivity contribution is 5.89. The highest BCUT2D eigenvalue weighted by Gasteiger charge is 2.04. The van der Waals surface area contributed by atoms with Crippen LogP contribution in [0, 0.1) is 0 Å². The van der Waals surface area contributed by atoms with E-state index in [1.807, 2.05) is 30.3 Å². The molecular formula is C15H16N2O3. The summed E-state index contributed by atoms with van der Waals surface area (Å²) < 4.78 is 0. The Labute approximate surface area is 116 Å². The predicted molar refractivity (Wildman–Crippen MR) is 76.9 cm³/mol. The fourth-order valence-corrected chi connectivity index (χ4v) is 1.81. The van der Waals surface area contributed by atoms with E-state index in [4.69, 9.17) is 0 Å². The van der Waals surface area contributed by atoms with Gasteiger partial charge < -0.3 is 20.8 Å². The lowest BCUT2D eigenvalue weighted by Gasteiger charge is -2.08. The van der Waals surface area contributed by atoms with Crippen LogP contribution in [0.4, 0.5) is 10.5 Å². The largest absolute Gasteiger partial charge is 0.508 e. The van der Waals surface area contributed by atoms with Crippen molar-refractivity contribution in [1.82, 2.24) is 5.32 Å². The summed E-state index contributed by atoms with van der Waals surface area (Å²) in [4.78, 5) is 11.6. The highest BCUT2D eigenvalue weighted by Crippen LogP contribution is 2.23. The van der Waals surface area contributed by atoms with Gasteiger partial charge in [0.05, 0.1) is 0 Å². The van der Waals surface area contributed by atoms with Gasteiger partial charge in [0, 0.05) is 30.4 Å². The van der Waals surface area contributed by atoms with Crippen molar-refractivity contribution >= 4 is 11.7 Å². The number of rotatable bonds is 4. The lowest BCUT2D eigenvalue weighted by molar-refractivity contribution is 0.252. The van der Waals surface area contributed by atoms with Gasteiger partial charge in [-0.25, -0.2) is 4.79 Å². The molecule has 2 amide bonds. The molecule has 0 heterocycles. The van der Waals surface area contributed by atoms with Gasteiger partial charge in [0.15, 0.2) is 0 Å². The first-order valence-electron chi connectivity index (χ1n) is 6.25. The summed E-state index contributed by atoms with van der Waals surface area (Å²) in [5.41, 5.74) is 1.47. The molecule has 2 rings (SSSR count). The fraction of sp³-hybridized carbons (Fsp3) is 0.133. The number of aromatic hydroxyl groups is 2. The molecule has 0 saturated carbocycles. The maximum Gasteiger partial charge on any atom is 0.319 e. The maximum atomic E-state index is 11.6. The molecule has 0 unspecified atom stereocenters. The second kappa shape index (κ2) is 6.47. The normalized spacial score (nSPS) is 10.0. The molecular weight excluding hydrogens is 256 g/mol. The molecule has 0 aliphatic heterocycles. The molecule has 0 atom stereocenters. The van der Waals surface area contributed by atoms with Gasteiger partial charge in [0.1, 0.15) is 11.5 Å². The number of benzene rings is 2. The number of nitrogens with one attached hydrogen (secondary N) is 2. The first-order valence-corrected chi connectivity index (χ1v) is 6.25. The van der Waals surface area contributed by atoms with Crippen LogP contribution in [0.1, 0.15) is 5.56 Å². The standard InChI is InChI=1S/C15H16N2O3/c18-13-8-12(9-14(19)10-13)17-15(20)16-7-6-11-4-2-1-3-5-11/h1-5,8-10,18-19H,6-7H2,(H2,16,17,20). The average Bonchev–Trinajstić information content (AvgIpc) is 2.38. The Morgan fingerprint density at radius 1 is 1.00 bits per heavy atom. The molecule has 2 aromatic rings. The summed E-state index contributed by atoms with van der Waals surface area (Å²) in [5, 5.41) is 23.8. The highest BCUT2D eigenvalue weighted by atomic mass is 16.3. The molecule has 0 fully saturated rings. The van der Waals surface area contributed by atoms with Crippen LogP contribution < -0.4 is 10.6 Å². The van der Waals surface area contributed by atoms with Gasteiger partial charge in [-0.2, -0.15) is 0 Å². The van der Waals surface area contributed by atoms with E-state index in [1.54, 1.807) is 0 Å². The first-order chi connectivity index (χ1) is 9.63. The van der Waals surface area contributed by atoms with E-state index in [9.17, 15) is 15.0 Å². The fourth-order valence-electron chi connectivity index (χ4n) is 1.81. The van der Waals surface area contributed by atoms with Crippen molar-refractivity contribution in [2.45, 2.75) is 6.42 Å². The second-order valence-corrected chi connectivity index (χ2v) is 4.35. The second-order valence-electron chi connectivity index (χ2n) is 4.35. The third-order valence-corrected chi connectivity index (χ3v) is 2.70. The van der Waals surface area contributed by atoms with Crippen molar-refractivity contribution in [2.75, 3.05) is 11.9 Å². The zero-order valence-corrected chi connectivity index (χ0v) is 10.8. The van der Waals surface area contributed by atoms with Crippen LogP contribution in [-0.2, 0) is 6.42 Å². The van der Waals surface area contributed by atoms with Crippen molar-refractivity contribution in [3.8, 4) is 11.5 Å². The van der Waals surface area contributed by atoms with Crippen LogP contribution in [-0.4, -0.2) is 22.8 Å². The van der Waals surface area contributed by atoms with Gasteiger partial charge in [0.2, 0.25) is 0 Å². The van der Waals surface area contributed by atoms with Crippen LogP contribution in [0.25, 0.3) is 0 Å². The molecule has 5 heteroatoms. The molecule has 5 nitrogen and oxygen atoms in total. The summed E-state index contributed by atoms with van der Waals surface area (Å²) in [7, 11) is 0. The number of hydrogen-bond acceptors (Lipinski definition) is 3. The van der Waals surface area contributed by atoms with E-state index >= 15 is 0 Å². The number of urea groups is 1. The zero-order chi connectivity index (χ0) is 14.4. The summed E-state index contributed by atoms with van der Waals surface area (Å²) in [5.74, 6) is -0.214. The van der Waals surface area contributed by atoms with Crippen molar-refractivity contribution in [2.24, 2.45) is 0 Å².